The van der Waals surface area contributed by atoms with Gasteiger partial charge in [0.25, 0.3) is 5.91 Å². The van der Waals surface area contributed by atoms with Crippen LogP contribution in [-0.2, 0) is 20.7 Å². The topological polar surface area (TPSA) is 55.4 Å². The number of hydrogen-bond acceptors (Lipinski definition) is 3. The zero-order valence-corrected chi connectivity index (χ0v) is 15.8. The minimum atomic E-state index is -0.996. The molecule has 26 heavy (non-hydrogen) atoms. The molecule has 7 heteroatoms. The Kier molecular flexibility index (Phi) is 7.00. The van der Waals surface area contributed by atoms with Crippen LogP contribution in [0.2, 0.25) is 10.0 Å². The molecule has 0 radical (unpaired) electrons. The SMILES string of the molecule is C[C@H](OC(=O)Cc1cccc(F)c1)C(=O)N[C@@H](C)c1ccc(Cl)cc1Cl. The Labute approximate surface area is 161 Å². The minimum Gasteiger partial charge on any atom is -0.452 e. The first-order valence-corrected chi connectivity index (χ1v) is 8.71. The molecule has 0 aliphatic rings. The molecule has 2 rings (SSSR count). The van der Waals surface area contributed by atoms with Crippen molar-refractivity contribution in [1.29, 1.82) is 0 Å². The number of benzene rings is 2. The predicted octanol–water partition coefficient (Wildman–Crippen LogP) is 4.48. The molecule has 2 atom stereocenters. The molecular weight excluding hydrogens is 380 g/mol. The molecule has 0 saturated heterocycles. The first-order valence-electron chi connectivity index (χ1n) is 7.95. The van der Waals surface area contributed by atoms with Crippen LogP contribution in [0.3, 0.4) is 0 Å². The fraction of sp³-hybridized carbons (Fsp3) is 0.263. The molecule has 0 heterocycles. The van der Waals surface area contributed by atoms with E-state index in [1.54, 1.807) is 31.2 Å². The van der Waals surface area contributed by atoms with Gasteiger partial charge in [0.2, 0.25) is 0 Å². The second-order valence-corrected chi connectivity index (χ2v) is 6.68. The highest BCUT2D eigenvalue weighted by molar-refractivity contribution is 6.35. The van der Waals surface area contributed by atoms with Crippen LogP contribution < -0.4 is 5.32 Å². The van der Waals surface area contributed by atoms with Gasteiger partial charge in [-0.1, -0.05) is 41.4 Å². The van der Waals surface area contributed by atoms with E-state index in [9.17, 15) is 14.0 Å². The van der Waals surface area contributed by atoms with E-state index in [1.165, 1.54) is 25.1 Å². The molecule has 0 fully saturated rings. The molecule has 138 valence electrons. The summed E-state index contributed by atoms with van der Waals surface area (Å²) in [5.41, 5.74) is 1.17. The number of ether oxygens (including phenoxy) is 1. The zero-order valence-electron chi connectivity index (χ0n) is 14.3. The Hall–Kier alpha value is -2.11. The van der Waals surface area contributed by atoms with E-state index in [2.05, 4.69) is 5.32 Å². The van der Waals surface area contributed by atoms with Gasteiger partial charge in [0.15, 0.2) is 6.10 Å². The highest BCUT2D eigenvalue weighted by Crippen LogP contribution is 2.26. The van der Waals surface area contributed by atoms with E-state index in [-0.39, 0.29) is 6.42 Å². The van der Waals surface area contributed by atoms with Crippen LogP contribution in [-0.4, -0.2) is 18.0 Å². The van der Waals surface area contributed by atoms with E-state index in [0.29, 0.717) is 21.2 Å². The van der Waals surface area contributed by atoms with Gasteiger partial charge in [-0.15, -0.1) is 0 Å². The molecule has 1 N–H and O–H groups in total. The van der Waals surface area contributed by atoms with Gasteiger partial charge in [0, 0.05) is 10.0 Å². The Morgan fingerprint density at radius 1 is 1.15 bits per heavy atom. The first kappa shape index (κ1) is 20.2. The maximum absolute atomic E-state index is 13.1. The highest BCUT2D eigenvalue weighted by Gasteiger charge is 2.21. The predicted molar refractivity (Wildman–Crippen MR) is 98.7 cm³/mol. The van der Waals surface area contributed by atoms with Crippen LogP contribution in [0, 0.1) is 5.82 Å². The highest BCUT2D eigenvalue weighted by atomic mass is 35.5. The number of carbonyl (C=O) groups is 2. The molecule has 2 aromatic rings. The van der Waals surface area contributed by atoms with Crippen molar-refractivity contribution in [2.45, 2.75) is 32.4 Å². The standard InChI is InChI=1S/C19H18Cl2FNO3/c1-11(16-7-6-14(20)10-17(16)21)23-19(25)12(2)26-18(24)9-13-4-3-5-15(22)8-13/h3-8,10-12H,9H2,1-2H3,(H,23,25)/t11-,12-/m0/s1. The third kappa shape index (κ3) is 5.71. The van der Waals surface area contributed by atoms with Crippen LogP contribution in [0.25, 0.3) is 0 Å². The van der Waals surface area contributed by atoms with Crippen molar-refractivity contribution in [3.8, 4) is 0 Å². The summed E-state index contributed by atoms with van der Waals surface area (Å²) in [5.74, 6) is -1.51. The van der Waals surface area contributed by atoms with Crippen molar-refractivity contribution in [2.75, 3.05) is 0 Å². The van der Waals surface area contributed by atoms with Crippen molar-refractivity contribution in [1.82, 2.24) is 5.32 Å². The average Bonchev–Trinajstić information content (AvgIpc) is 2.54. The van der Waals surface area contributed by atoms with Gasteiger partial charge in [-0.05, 0) is 49.2 Å². The Morgan fingerprint density at radius 3 is 2.54 bits per heavy atom. The number of esters is 1. The van der Waals surface area contributed by atoms with Gasteiger partial charge < -0.3 is 10.1 Å². The van der Waals surface area contributed by atoms with Gasteiger partial charge >= 0.3 is 5.97 Å². The number of amides is 1. The molecule has 4 nitrogen and oxygen atoms in total. The van der Waals surface area contributed by atoms with Gasteiger partial charge in [-0.25, -0.2) is 4.39 Å². The fourth-order valence-electron chi connectivity index (χ4n) is 2.37. The summed E-state index contributed by atoms with van der Waals surface area (Å²) in [6, 6.07) is 10.2. The van der Waals surface area contributed by atoms with Crippen molar-refractivity contribution in [3.63, 3.8) is 0 Å². The lowest BCUT2D eigenvalue weighted by Gasteiger charge is -2.19. The normalized spacial score (nSPS) is 13.0. The smallest absolute Gasteiger partial charge is 0.311 e. The third-order valence-corrected chi connectivity index (χ3v) is 4.27. The molecule has 0 unspecified atom stereocenters. The van der Waals surface area contributed by atoms with Gasteiger partial charge in [0.05, 0.1) is 12.5 Å². The van der Waals surface area contributed by atoms with Crippen molar-refractivity contribution >= 4 is 35.1 Å². The quantitative estimate of drug-likeness (QED) is 0.730. The summed E-state index contributed by atoms with van der Waals surface area (Å²) in [7, 11) is 0. The summed E-state index contributed by atoms with van der Waals surface area (Å²) >= 11 is 12.0. The van der Waals surface area contributed by atoms with Crippen molar-refractivity contribution in [3.05, 3.63) is 69.5 Å². The molecule has 0 aromatic heterocycles. The largest absolute Gasteiger partial charge is 0.452 e. The minimum absolute atomic E-state index is 0.117. The second kappa shape index (κ2) is 9.01. The average molecular weight is 398 g/mol. The zero-order chi connectivity index (χ0) is 19.3. The number of rotatable bonds is 6. The van der Waals surface area contributed by atoms with E-state index < -0.39 is 29.8 Å². The third-order valence-electron chi connectivity index (χ3n) is 3.70. The van der Waals surface area contributed by atoms with E-state index in [0.717, 1.165) is 0 Å². The summed E-state index contributed by atoms with van der Waals surface area (Å²) in [5, 5.41) is 3.66. The van der Waals surface area contributed by atoms with E-state index >= 15 is 0 Å². The molecule has 0 aliphatic carbocycles. The summed E-state index contributed by atoms with van der Waals surface area (Å²) < 4.78 is 18.2. The first-order chi connectivity index (χ1) is 12.3. The van der Waals surface area contributed by atoms with Gasteiger partial charge in [0.1, 0.15) is 5.82 Å². The number of nitrogens with one attached hydrogen (secondary N) is 1. The maximum atomic E-state index is 13.1. The van der Waals surface area contributed by atoms with Crippen molar-refractivity contribution < 1.29 is 18.7 Å². The fourth-order valence-corrected chi connectivity index (χ4v) is 2.94. The van der Waals surface area contributed by atoms with Gasteiger partial charge in [-0.2, -0.15) is 0 Å². The van der Waals surface area contributed by atoms with Crippen LogP contribution in [0.15, 0.2) is 42.5 Å². The maximum Gasteiger partial charge on any atom is 0.311 e. The number of carbonyl (C=O) groups excluding carboxylic acids is 2. The molecular formula is C19H18Cl2FNO3. The molecule has 2 aromatic carbocycles. The lowest BCUT2D eigenvalue weighted by atomic mass is 10.1. The lowest BCUT2D eigenvalue weighted by molar-refractivity contribution is -0.154. The van der Waals surface area contributed by atoms with Crippen LogP contribution in [0.5, 0.6) is 0 Å². The number of hydrogen-bond donors (Lipinski definition) is 1. The van der Waals surface area contributed by atoms with E-state index in [4.69, 9.17) is 27.9 Å². The second-order valence-electron chi connectivity index (χ2n) is 5.83. The molecule has 0 spiro atoms. The molecule has 0 saturated carbocycles. The van der Waals surface area contributed by atoms with Crippen LogP contribution in [0.1, 0.15) is 31.0 Å². The summed E-state index contributed by atoms with van der Waals surface area (Å²) in [4.78, 5) is 24.2. The number of halogens is 3. The molecule has 0 bridgehead atoms. The van der Waals surface area contributed by atoms with Crippen LogP contribution in [0.4, 0.5) is 4.39 Å². The monoisotopic (exact) mass is 397 g/mol. The summed E-state index contributed by atoms with van der Waals surface area (Å²) in [6.07, 6.45) is -1.11. The molecule has 1 amide bonds. The van der Waals surface area contributed by atoms with Crippen molar-refractivity contribution in [2.24, 2.45) is 0 Å². The Morgan fingerprint density at radius 2 is 1.88 bits per heavy atom. The lowest BCUT2D eigenvalue weighted by Crippen LogP contribution is -2.37. The van der Waals surface area contributed by atoms with E-state index in [1.807, 2.05) is 0 Å². The van der Waals surface area contributed by atoms with Gasteiger partial charge in [-0.3, -0.25) is 9.59 Å². The van der Waals surface area contributed by atoms with Crippen LogP contribution >= 0.6 is 23.2 Å². The Balaban J connectivity index is 1.91. The molecule has 0 aliphatic heterocycles. The Bertz CT molecular complexity index is 813. The summed E-state index contributed by atoms with van der Waals surface area (Å²) in [6.45, 7) is 3.23.